The molecule has 123 heavy (non-hydrogen) atoms. The maximum Gasteiger partial charge on any atom is 1.00 e. The number of unbranched alkanes of at least 4 members (excludes halogenated alkanes) is 2. The Hall–Kier alpha value is -10.3. The quantitative estimate of drug-likeness (QED) is 0.0264. The van der Waals surface area contributed by atoms with Crippen molar-refractivity contribution in [3.8, 4) is 74.6 Å². The molecule has 0 saturated carbocycles. The van der Waals surface area contributed by atoms with Crippen LogP contribution in [0.4, 0.5) is 0 Å². The Morgan fingerprint density at radius 2 is 0.431 bits per heavy atom. The first kappa shape index (κ1) is 91.9. The van der Waals surface area contributed by atoms with Crippen molar-refractivity contribution in [2.75, 3.05) is 24.6 Å². The molecular formula is C116H95Au3P4+2. The molecule has 0 heterocycles. The van der Waals surface area contributed by atoms with Crippen LogP contribution < -0.4 is 42.4 Å². The summed E-state index contributed by atoms with van der Waals surface area (Å²) in [6, 6.07) is 148. The molecule has 0 unspecified atom stereocenters. The molecule has 0 fully saturated rings. The van der Waals surface area contributed by atoms with Crippen molar-refractivity contribution >= 4 is 74.1 Å². The van der Waals surface area contributed by atoms with E-state index in [9.17, 15) is 0 Å². The second kappa shape index (κ2) is 47.5. The van der Waals surface area contributed by atoms with Gasteiger partial charge in [-0.25, -0.2) is 0 Å². The van der Waals surface area contributed by atoms with Crippen molar-refractivity contribution in [1.29, 1.82) is 0 Å². The van der Waals surface area contributed by atoms with Crippen LogP contribution in [0.1, 0.15) is 92.4 Å². The van der Waals surface area contributed by atoms with E-state index in [-0.39, 0.29) is 83.0 Å². The van der Waals surface area contributed by atoms with Gasteiger partial charge in [-0.3, -0.25) is 17.8 Å². The van der Waals surface area contributed by atoms with E-state index in [2.05, 4.69) is 412 Å². The number of fused-ring (bicyclic) bond motifs is 12. The van der Waals surface area contributed by atoms with E-state index in [1.807, 2.05) is 24.3 Å². The Morgan fingerprint density at radius 3 is 0.667 bits per heavy atom. The van der Waals surface area contributed by atoms with Crippen molar-refractivity contribution in [2.45, 2.75) is 51.4 Å². The molecule has 0 aromatic heterocycles. The molecule has 0 spiro atoms. The second-order valence-corrected chi connectivity index (χ2v) is 40.2. The van der Waals surface area contributed by atoms with Crippen LogP contribution in [-0.4, -0.2) is 24.6 Å². The first-order valence-corrected chi connectivity index (χ1v) is 48.1. The van der Waals surface area contributed by atoms with E-state index in [4.69, 9.17) is 25.7 Å². The standard InChI is InChI=1S/2C28H28P2.C15H10.3C15H9.3Au/c2*1-5-15-25(16-6-1)29(26-17-7-2-8-18-26)23-13-14-24-30(27-19-9-3-10-20-27)28-21-11-4-12-22-28;4*1-2-11-7-8-15-13(9-11)10-12-5-3-4-6-14(12)15;;;/h2*1-12,15-22H,13-14,23-24H2;1,3-9H,10H2;3*3-9H,10H2;;;/q;;;3*-1;3*+1/p+2. The van der Waals surface area contributed by atoms with E-state index >= 15 is 0 Å². The van der Waals surface area contributed by atoms with Gasteiger partial charge in [-0.2, -0.15) is 0 Å². The first-order chi connectivity index (χ1) is 59.4. The fraction of sp³-hybridized carbons (Fsp3) is 0.103. The molecule has 7 heteroatoms. The minimum absolute atomic E-state index is 0. The molecule has 0 nitrogen and oxygen atoms in total. The molecule has 610 valence electrons. The number of terminal acetylenes is 1. The minimum Gasteiger partial charge on any atom is -0.366 e. The number of rotatable bonds is 18. The normalized spacial score (nSPS) is 11.1. The second-order valence-electron chi connectivity index (χ2n) is 30.3. The van der Waals surface area contributed by atoms with Gasteiger partial charge < -0.3 is 19.3 Å². The Balaban J connectivity index is 0.000000138. The van der Waals surface area contributed by atoms with Crippen LogP contribution >= 0.6 is 31.7 Å². The third kappa shape index (κ3) is 24.2. The van der Waals surface area contributed by atoms with Gasteiger partial charge in [0.05, 0.1) is 49.4 Å². The summed E-state index contributed by atoms with van der Waals surface area (Å²) in [7, 11) is -1.99. The molecule has 0 saturated heterocycles. The smallest absolute Gasteiger partial charge is 0.366 e. The average Bonchev–Trinajstić information content (AvgIpc) is 1.66. The van der Waals surface area contributed by atoms with Crippen LogP contribution in [0.25, 0.3) is 44.5 Å². The van der Waals surface area contributed by atoms with Gasteiger partial charge in [-0.1, -0.05) is 338 Å². The molecule has 16 aromatic rings. The fourth-order valence-corrected chi connectivity index (χ4v) is 27.0. The van der Waals surface area contributed by atoms with Crippen LogP contribution in [0.2, 0.25) is 0 Å². The topological polar surface area (TPSA) is 0 Å². The molecule has 20 rings (SSSR count). The van der Waals surface area contributed by atoms with Crippen LogP contribution in [-0.2, 0) is 92.8 Å². The van der Waals surface area contributed by atoms with E-state index < -0.39 is 15.8 Å². The Morgan fingerprint density at radius 1 is 0.228 bits per heavy atom. The Bertz CT molecular complexity index is 5310. The van der Waals surface area contributed by atoms with Gasteiger partial charge in [0.25, 0.3) is 0 Å². The van der Waals surface area contributed by atoms with E-state index in [1.54, 1.807) is 0 Å². The van der Waals surface area contributed by atoms with Gasteiger partial charge in [-0.15, -0.1) is 59.5 Å². The van der Waals surface area contributed by atoms with Gasteiger partial charge in [0.2, 0.25) is 0 Å². The summed E-state index contributed by atoms with van der Waals surface area (Å²) in [6.45, 7) is 0. The third-order valence-electron chi connectivity index (χ3n) is 22.7. The van der Waals surface area contributed by atoms with Gasteiger partial charge >= 0.3 is 67.1 Å². The summed E-state index contributed by atoms with van der Waals surface area (Å²) in [6.07, 6.45) is 41.0. The molecular weight excluding hydrogens is 2110 g/mol. The van der Waals surface area contributed by atoms with Gasteiger partial charge in [0.1, 0.15) is 0 Å². The molecule has 0 N–H and O–H groups in total. The summed E-state index contributed by atoms with van der Waals surface area (Å²) >= 11 is 0. The van der Waals surface area contributed by atoms with Crippen molar-refractivity contribution in [1.82, 2.24) is 0 Å². The molecule has 0 bridgehead atoms. The zero-order chi connectivity index (χ0) is 81.9. The maximum absolute atomic E-state index is 7.12. The number of hydrogen-bond acceptors (Lipinski definition) is 0. The van der Waals surface area contributed by atoms with Crippen LogP contribution in [0.3, 0.4) is 0 Å². The predicted octanol–water partition coefficient (Wildman–Crippen LogP) is 24.3. The summed E-state index contributed by atoms with van der Waals surface area (Å²) in [5.41, 5.74) is 25.0. The van der Waals surface area contributed by atoms with Gasteiger partial charge in [-0.05, 0) is 234 Å². The Kier molecular flexibility index (Phi) is 35.5. The molecule has 4 aliphatic carbocycles. The van der Waals surface area contributed by atoms with Gasteiger partial charge in [0, 0.05) is 5.56 Å². The summed E-state index contributed by atoms with van der Waals surface area (Å²) < 4.78 is 0. The summed E-state index contributed by atoms with van der Waals surface area (Å²) in [5, 5.41) is 12.1. The number of hydrogen-bond donors (Lipinski definition) is 0. The predicted molar refractivity (Wildman–Crippen MR) is 522 cm³/mol. The van der Waals surface area contributed by atoms with Crippen LogP contribution in [0, 0.1) is 49.4 Å². The SMILES string of the molecule is C#Cc1ccc2c(c1)Cc1ccccc1-2.[Au+].[Au+].[Au+].[C-]#Cc1ccc2c(c1)Cc1ccccc1-2.[C-]#Cc1ccc2c(c1)Cc1ccccc1-2.[C-]#Cc1ccc2c(c1)Cc1ccccc1-2.c1ccc(P(CCCCP(c2ccccc2)c2ccccc2)c2ccccc2)cc1.c1ccc([PH+](CCCC[PH+](c2ccccc2)c2ccccc2)c2ccccc2)cc1. The average molecular weight is 2200 g/mol. The molecule has 16 aromatic carbocycles. The molecule has 4 aliphatic rings. The van der Waals surface area contributed by atoms with E-state index in [1.165, 1.54) is 182 Å². The zero-order valence-corrected chi connectivity index (χ0v) is 78.9. The number of benzene rings is 16. The maximum atomic E-state index is 7.12. The molecule has 0 aliphatic heterocycles. The van der Waals surface area contributed by atoms with Gasteiger partial charge in [0.15, 0.2) is 0 Å². The van der Waals surface area contributed by atoms with E-state index in [0.29, 0.717) is 0 Å². The van der Waals surface area contributed by atoms with Crippen LogP contribution in [0.5, 0.6) is 0 Å². The fourth-order valence-electron chi connectivity index (χ4n) is 16.8. The Labute approximate surface area is 782 Å². The minimum atomic E-state index is -0.714. The van der Waals surface area contributed by atoms with E-state index in [0.717, 1.165) is 47.9 Å². The van der Waals surface area contributed by atoms with Crippen molar-refractivity contribution in [3.63, 3.8) is 0 Å². The third-order valence-corrected chi connectivity index (χ3v) is 33.7. The molecule has 0 amide bonds. The van der Waals surface area contributed by atoms with Crippen molar-refractivity contribution in [3.05, 3.63) is 499 Å². The van der Waals surface area contributed by atoms with Crippen molar-refractivity contribution < 1.29 is 67.1 Å². The summed E-state index contributed by atoms with van der Waals surface area (Å²) in [5.74, 6) is 9.98. The monoisotopic (exact) mass is 2200 g/mol. The van der Waals surface area contributed by atoms with Crippen molar-refractivity contribution in [2.24, 2.45) is 0 Å². The summed E-state index contributed by atoms with van der Waals surface area (Å²) in [4.78, 5) is 0. The first-order valence-electron chi connectivity index (χ1n) is 41.6. The molecule has 0 atom stereocenters. The molecule has 0 radical (unpaired) electrons. The van der Waals surface area contributed by atoms with Crippen LogP contribution in [0.15, 0.2) is 413 Å². The largest absolute Gasteiger partial charge is 1.00 e. The zero-order valence-electron chi connectivity index (χ0n) is 68.6.